The standard InChI is InChI=1S/C17H24N2O4/c1-17(2,3)23-16(22)11-4-6-12(7-5-11)19-13-8-9-14(15(20)21)18-10-13/h8-12,19H,4-7H2,1-3H3,(H,20,21). The first-order valence-corrected chi connectivity index (χ1v) is 7.93. The van der Waals surface area contributed by atoms with Crippen LogP contribution in [-0.4, -0.2) is 33.7 Å². The van der Waals surface area contributed by atoms with Crippen molar-refractivity contribution in [2.24, 2.45) is 5.92 Å². The Kier molecular flexibility index (Phi) is 5.23. The molecule has 0 spiro atoms. The van der Waals surface area contributed by atoms with Crippen LogP contribution in [0.3, 0.4) is 0 Å². The molecule has 0 amide bonds. The van der Waals surface area contributed by atoms with E-state index in [0.29, 0.717) is 0 Å². The summed E-state index contributed by atoms with van der Waals surface area (Å²) >= 11 is 0. The highest BCUT2D eigenvalue weighted by Gasteiger charge is 2.29. The van der Waals surface area contributed by atoms with Gasteiger partial charge in [0.15, 0.2) is 0 Å². The SMILES string of the molecule is CC(C)(C)OC(=O)C1CCC(Nc2ccc(C(=O)O)nc2)CC1. The summed E-state index contributed by atoms with van der Waals surface area (Å²) in [6.45, 7) is 5.64. The zero-order valence-electron chi connectivity index (χ0n) is 13.8. The lowest BCUT2D eigenvalue weighted by atomic mass is 9.86. The molecule has 1 saturated carbocycles. The average Bonchev–Trinajstić information content (AvgIpc) is 2.46. The maximum absolute atomic E-state index is 12.1. The van der Waals surface area contributed by atoms with Gasteiger partial charge < -0.3 is 15.2 Å². The number of hydrogen-bond donors (Lipinski definition) is 2. The van der Waals surface area contributed by atoms with Gasteiger partial charge >= 0.3 is 11.9 Å². The summed E-state index contributed by atoms with van der Waals surface area (Å²) in [5.74, 6) is -1.17. The van der Waals surface area contributed by atoms with Crippen molar-refractivity contribution in [1.82, 2.24) is 4.98 Å². The molecule has 1 fully saturated rings. The maximum atomic E-state index is 12.1. The fraction of sp³-hybridized carbons (Fsp3) is 0.588. The fourth-order valence-corrected chi connectivity index (χ4v) is 2.70. The van der Waals surface area contributed by atoms with Crippen molar-refractivity contribution in [3.63, 3.8) is 0 Å². The normalized spacial score (nSPS) is 21.5. The minimum absolute atomic E-state index is 0.0280. The largest absolute Gasteiger partial charge is 0.477 e. The number of pyridine rings is 1. The van der Waals surface area contributed by atoms with Gasteiger partial charge in [0.1, 0.15) is 11.3 Å². The summed E-state index contributed by atoms with van der Waals surface area (Å²) in [6.07, 6.45) is 4.89. The van der Waals surface area contributed by atoms with Gasteiger partial charge in [0.05, 0.1) is 17.8 Å². The molecule has 1 aliphatic rings. The van der Waals surface area contributed by atoms with E-state index in [-0.39, 0.29) is 23.6 Å². The number of carboxylic acids is 1. The average molecular weight is 320 g/mol. The number of carbonyl (C=O) groups is 2. The smallest absolute Gasteiger partial charge is 0.354 e. The molecular formula is C17H24N2O4. The first kappa shape index (κ1) is 17.2. The van der Waals surface area contributed by atoms with E-state index >= 15 is 0 Å². The van der Waals surface area contributed by atoms with Gasteiger partial charge in [-0.3, -0.25) is 4.79 Å². The predicted octanol–water partition coefficient (Wildman–Crippen LogP) is 3.09. The summed E-state index contributed by atoms with van der Waals surface area (Å²) in [7, 11) is 0. The van der Waals surface area contributed by atoms with Crippen molar-refractivity contribution in [3.05, 3.63) is 24.0 Å². The molecule has 0 unspecified atom stereocenters. The lowest BCUT2D eigenvalue weighted by molar-refractivity contribution is -0.161. The molecule has 126 valence electrons. The Bertz CT molecular complexity index is 555. The van der Waals surface area contributed by atoms with Crippen LogP contribution in [0.25, 0.3) is 0 Å². The molecule has 0 radical (unpaired) electrons. The molecule has 6 nitrogen and oxygen atoms in total. The third-order valence-electron chi connectivity index (χ3n) is 3.82. The lowest BCUT2D eigenvalue weighted by Gasteiger charge is -2.30. The van der Waals surface area contributed by atoms with E-state index in [4.69, 9.17) is 9.84 Å². The van der Waals surface area contributed by atoms with Crippen molar-refractivity contribution in [1.29, 1.82) is 0 Å². The van der Waals surface area contributed by atoms with Gasteiger partial charge in [-0.25, -0.2) is 9.78 Å². The molecule has 6 heteroatoms. The van der Waals surface area contributed by atoms with Gasteiger partial charge in [-0.15, -0.1) is 0 Å². The van der Waals surface area contributed by atoms with Gasteiger partial charge in [-0.1, -0.05) is 0 Å². The second kappa shape index (κ2) is 6.98. The number of anilines is 1. The first-order chi connectivity index (χ1) is 10.7. The zero-order chi connectivity index (χ0) is 17.0. The van der Waals surface area contributed by atoms with Gasteiger partial charge in [0, 0.05) is 6.04 Å². The molecule has 1 aromatic rings. The minimum Gasteiger partial charge on any atom is -0.477 e. The summed E-state index contributed by atoms with van der Waals surface area (Å²) in [4.78, 5) is 26.7. The molecule has 1 heterocycles. The molecule has 0 aliphatic heterocycles. The van der Waals surface area contributed by atoms with E-state index in [9.17, 15) is 9.59 Å². The Morgan fingerprint density at radius 1 is 1.22 bits per heavy atom. The van der Waals surface area contributed by atoms with Gasteiger partial charge in [-0.2, -0.15) is 0 Å². The quantitative estimate of drug-likeness (QED) is 0.829. The van der Waals surface area contributed by atoms with E-state index in [1.165, 1.54) is 12.3 Å². The van der Waals surface area contributed by atoms with Crippen molar-refractivity contribution in [2.45, 2.75) is 58.1 Å². The number of hydrogen-bond acceptors (Lipinski definition) is 5. The van der Waals surface area contributed by atoms with Crippen molar-refractivity contribution in [3.8, 4) is 0 Å². The van der Waals surface area contributed by atoms with Crippen LogP contribution in [-0.2, 0) is 9.53 Å². The minimum atomic E-state index is -1.03. The third kappa shape index (κ3) is 5.23. The third-order valence-corrected chi connectivity index (χ3v) is 3.82. The topological polar surface area (TPSA) is 88.5 Å². The Labute approximate surface area is 136 Å². The Balaban J connectivity index is 1.82. The lowest BCUT2D eigenvalue weighted by Crippen LogP contribution is -2.33. The van der Waals surface area contributed by atoms with Crippen molar-refractivity contribution in [2.75, 3.05) is 5.32 Å². The van der Waals surface area contributed by atoms with Crippen LogP contribution in [0.2, 0.25) is 0 Å². The van der Waals surface area contributed by atoms with Gasteiger partial charge in [0.25, 0.3) is 0 Å². The van der Waals surface area contributed by atoms with Crippen LogP contribution >= 0.6 is 0 Å². The number of nitrogens with one attached hydrogen (secondary N) is 1. The molecule has 23 heavy (non-hydrogen) atoms. The molecule has 2 rings (SSSR count). The number of aromatic carboxylic acids is 1. The second-order valence-electron chi connectivity index (χ2n) is 6.96. The van der Waals surface area contributed by atoms with E-state index in [1.54, 1.807) is 6.07 Å². The van der Waals surface area contributed by atoms with Crippen LogP contribution < -0.4 is 5.32 Å². The number of esters is 1. The number of ether oxygens (including phenoxy) is 1. The zero-order valence-corrected chi connectivity index (χ0v) is 13.8. The second-order valence-corrected chi connectivity index (χ2v) is 6.96. The highest BCUT2D eigenvalue weighted by atomic mass is 16.6. The number of carboxylic acid groups (broad SMARTS) is 1. The number of nitrogens with zero attached hydrogens (tertiary/aromatic N) is 1. The summed E-state index contributed by atoms with van der Waals surface area (Å²) in [6, 6.07) is 3.47. The Hall–Kier alpha value is -2.11. The van der Waals surface area contributed by atoms with Crippen molar-refractivity contribution < 1.29 is 19.4 Å². The van der Waals surface area contributed by atoms with Crippen molar-refractivity contribution >= 4 is 17.6 Å². The number of carbonyl (C=O) groups excluding carboxylic acids is 1. The van der Waals surface area contributed by atoms with E-state index in [2.05, 4.69) is 10.3 Å². The summed E-state index contributed by atoms with van der Waals surface area (Å²) in [5.41, 5.74) is 0.393. The summed E-state index contributed by atoms with van der Waals surface area (Å²) < 4.78 is 5.44. The van der Waals surface area contributed by atoms with Crippen LogP contribution in [0.1, 0.15) is 56.9 Å². The molecule has 0 atom stereocenters. The Morgan fingerprint density at radius 2 is 1.87 bits per heavy atom. The van der Waals surface area contributed by atoms with E-state index in [0.717, 1.165) is 31.4 Å². The van der Waals surface area contributed by atoms with Crippen LogP contribution in [0.15, 0.2) is 18.3 Å². The molecule has 0 bridgehead atoms. The molecule has 2 N–H and O–H groups in total. The summed E-state index contributed by atoms with van der Waals surface area (Å²) in [5, 5.41) is 12.2. The van der Waals surface area contributed by atoms with E-state index < -0.39 is 11.6 Å². The molecular weight excluding hydrogens is 296 g/mol. The van der Waals surface area contributed by atoms with Crippen LogP contribution in [0.5, 0.6) is 0 Å². The Morgan fingerprint density at radius 3 is 2.35 bits per heavy atom. The van der Waals surface area contributed by atoms with Gasteiger partial charge in [-0.05, 0) is 58.6 Å². The number of rotatable bonds is 4. The first-order valence-electron chi connectivity index (χ1n) is 7.93. The monoisotopic (exact) mass is 320 g/mol. The number of aromatic nitrogens is 1. The van der Waals surface area contributed by atoms with Gasteiger partial charge in [0.2, 0.25) is 0 Å². The highest BCUT2D eigenvalue weighted by Crippen LogP contribution is 2.28. The van der Waals surface area contributed by atoms with E-state index in [1.807, 2.05) is 20.8 Å². The molecule has 1 aromatic heterocycles. The predicted molar refractivity (Wildman–Crippen MR) is 86.4 cm³/mol. The maximum Gasteiger partial charge on any atom is 0.354 e. The van der Waals surface area contributed by atoms with Crippen LogP contribution in [0.4, 0.5) is 5.69 Å². The highest BCUT2D eigenvalue weighted by molar-refractivity contribution is 5.85. The molecule has 0 aromatic carbocycles. The molecule has 1 aliphatic carbocycles. The fourth-order valence-electron chi connectivity index (χ4n) is 2.70. The molecule has 0 saturated heterocycles. The van der Waals surface area contributed by atoms with Crippen LogP contribution in [0, 0.1) is 5.92 Å².